The van der Waals surface area contributed by atoms with Crippen molar-refractivity contribution in [2.45, 2.75) is 38.8 Å². The maximum Gasteiger partial charge on any atom is 0.228 e. The number of aliphatic hydroxyl groups excluding tert-OH is 1. The van der Waals surface area contributed by atoms with E-state index in [2.05, 4.69) is 10.6 Å². The van der Waals surface area contributed by atoms with Gasteiger partial charge in [-0.15, -0.1) is 0 Å². The van der Waals surface area contributed by atoms with E-state index < -0.39 is 0 Å². The summed E-state index contributed by atoms with van der Waals surface area (Å²) in [5.74, 6) is 0.696. The van der Waals surface area contributed by atoms with E-state index in [4.69, 9.17) is 5.11 Å². The van der Waals surface area contributed by atoms with Gasteiger partial charge in [0, 0.05) is 13.1 Å². The summed E-state index contributed by atoms with van der Waals surface area (Å²) in [5, 5.41) is 15.7. The number of benzene rings is 1. The third-order valence-corrected chi connectivity index (χ3v) is 5.12. The van der Waals surface area contributed by atoms with E-state index in [1.165, 1.54) is 12.8 Å². The Kier molecular flexibility index (Phi) is 4.27. The van der Waals surface area contributed by atoms with Crippen LogP contribution in [0, 0.1) is 11.3 Å². The summed E-state index contributed by atoms with van der Waals surface area (Å²) in [6, 6.07) is 7.75. The van der Waals surface area contributed by atoms with Crippen LogP contribution in [0.5, 0.6) is 0 Å². The van der Waals surface area contributed by atoms with Gasteiger partial charge >= 0.3 is 0 Å². The van der Waals surface area contributed by atoms with E-state index in [9.17, 15) is 4.79 Å². The Labute approximate surface area is 125 Å². The molecule has 1 aromatic rings. The lowest BCUT2D eigenvalue weighted by Crippen LogP contribution is -2.47. The second-order valence-electron chi connectivity index (χ2n) is 6.39. The number of nitrogens with one attached hydrogen (secondary N) is 2. The van der Waals surface area contributed by atoms with Crippen LogP contribution in [-0.2, 0) is 17.9 Å². The SMILES string of the molecule is O=C(NCc1cccc(CO)c1)[C@@]12CCCC[C@H]1CNC2. The molecule has 4 nitrogen and oxygen atoms in total. The van der Waals surface area contributed by atoms with Gasteiger partial charge in [-0.2, -0.15) is 0 Å². The van der Waals surface area contributed by atoms with Gasteiger partial charge in [-0.05, 0) is 36.4 Å². The molecule has 3 N–H and O–H groups in total. The van der Waals surface area contributed by atoms with E-state index in [0.29, 0.717) is 12.5 Å². The number of amides is 1. The molecule has 0 aromatic heterocycles. The Morgan fingerprint density at radius 3 is 3.10 bits per heavy atom. The van der Waals surface area contributed by atoms with E-state index in [0.717, 1.165) is 37.1 Å². The van der Waals surface area contributed by atoms with E-state index in [1.54, 1.807) is 0 Å². The van der Waals surface area contributed by atoms with Crippen molar-refractivity contribution in [2.75, 3.05) is 13.1 Å². The number of carbonyl (C=O) groups excluding carboxylic acids is 1. The Hall–Kier alpha value is -1.39. The fraction of sp³-hybridized carbons (Fsp3) is 0.588. The minimum absolute atomic E-state index is 0.0394. The molecule has 0 bridgehead atoms. The van der Waals surface area contributed by atoms with Crippen LogP contribution in [0.2, 0.25) is 0 Å². The van der Waals surface area contributed by atoms with Gasteiger partial charge in [0.25, 0.3) is 0 Å². The number of aliphatic hydroxyl groups is 1. The second-order valence-corrected chi connectivity index (χ2v) is 6.39. The highest BCUT2D eigenvalue weighted by Crippen LogP contribution is 2.43. The van der Waals surface area contributed by atoms with Gasteiger partial charge < -0.3 is 15.7 Å². The van der Waals surface area contributed by atoms with Gasteiger partial charge in [0.05, 0.1) is 12.0 Å². The standard InChI is InChI=1S/C17H24N2O2/c20-11-14-5-3-4-13(8-14)9-19-16(21)17-7-2-1-6-15(17)10-18-12-17/h3-5,8,15,18,20H,1-2,6-7,9-12H2,(H,19,21)/t15-,17+/m0/s1. The lowest BCUT2D eigenvalue weighted by Gasteiger charge is -2.37. The molecule has 0 spiro atoms. The Balaban J connectivity index is 1.65. The second kappa shape index (κ2) is 6.16. The first-order valence-electron chi connectivity index (χ1n) is 7.92. The maximum absolute atomic E-state index is 12.7. The molecule has 114 valence electrons. The van der Waals surface area contributed by atoms with Crippen LogP contribution in [0.4, 0.5) is 0 Å². The van der Waals surface area contributed by atoms with E-state index in [-0.39, 0.29) is 17.9 Å². The number of rotatable bonds is 4. The van der Waals surface area contributed by atoms with Crippen molar-refractivity contribution in [3.8, 4) is 0 Å². The summed E-state index contributed by atoms with van der Waals surface area (Å²) in [5.41, 5.74) is 1.75. The average molecular weight is 288 g/mol. The van der Waals surface area contributed by atoms with Crippen molar-refractivity contribution < 1.29 is 9.90 Å². The molecule has 1 heterocycles. The summed E-state index contributed by atoms with van der Waals surface area (Å²) in [7, 11) is 0. The number of fused-ring (bicyclic) bond motifs is 1. The van der Waals surface area contributed by atoms with Crippen molar-refractivity contribution in [2.24, 2.45) is 11.3 Å². The van der Waals surface area contributed by atoms with Crippen LogP contribution in [0.3, 0.4) is 0 Å². The normalized spacial score (nSPS) is 28.1. The zero-order valence-corrected chi connectivity index (χ0v) is 12.4. The lowest BCUT2D eigenvalue weighted by molar-refractivity contribution is -0.134. The molecule has 0 radical (unpaired) electrons. The first-order chi connectivity index (χ1) is 10.2. The maximum atomic E-state index is 12.7. The summed E-state index contributed by atoms with van der Waals surface area (Å²) >= 11 is 0. The molecule has 1 saturated carbocycles. The highest BCUT2D eigenvalue weighted by Gasteiger charge is 2.49. The predicted octanol–water partition coefficient (Wildman–Crippen LogP) is 1.57. The quantitative estimate of drug-likeness (QED) is 0.788. The van der Waals surface area contributed by atoms with Crippen LogP contribution in [0.15, 0.2) is 24.3 Å². The van der Waals surface area contributed by atoms with Gasteiger partial charge in [-0.3, -0.25) is 4.79 Å². The minimum atomic E-state index is -0.188. The van der Waals surface area contributed by atoms with Crippen molar-refractivity contribution in [1.29, 1.82) is 0 Å². The molecule has 2 fully saturated rings. The molecule has 3 rings (SSSR count). The molecule has 1 aliphatic heterocycles. The Bertz CT molecular complexity index is 517. The van der Waals surface area contributed by atoms with Crippen LogP contribution >= 0.6 is 0 Å². The molecule has 2 atom stereocenters. The summed E-state index contributed by atoms with van der Waals surface area (Å²) in [4.78, 5) is 12.7. The predicted molar refractivity (Wildman–Crippen MR) is 81.5 cm³/mol. The van der Waals surface area contributed by atoms with Gasteiger partial charge in [-0.25, -0.2) is 0 Å². The van der Waals surface area contributed by atoms with Gasteiger partial charge in [0.1, 0.15) is 0 Å². The van der Waals surface area contributed by atoms with Crippen molar-refractivity contribution in [3.05, 3.63) is 35.4 Å². The highest BCUT2D eigenvalue weighted by molar-refractivity contribution is 5.83. The molecular formula is C17H24N2O2. The van der Waals surface area contributed by atoms with Gasteiger partial charge in [0.15, 0.2) is 0 Å². The average Bonchev–Trinajstić information content (AvgIpc) is 2.98. The summed E-state index contributed by atoms with van der Waals surface area (Å²) in [6.45, 7) is 2.38. The van der Waals surface area contributed by atoms with Crippen LogP contribution in [-0.4, -0.2) is 24.1 Å². The fourth-order valence-corrected chi connectivity index (χ4v) is 3.89. The van der Waals surface area contributed by atoms with Crippen molar-refractivity contribution in [3.63, 3.8) is 0 Å². The zero-order valence-electron chi connectivity index (χ0n) is 12.4. The summed E-state index contributed by atoms with van der Waals surface area (Å²) in [6.07, 6.45) is 4.58. The molecule has 0 unspecified atom stereocenters. The minimum Gasteiger partial charge on any atom is -0.392 e. The topological polar surface area (TPSA) is 61.4 Å². The fourth-order valence-electron chi connectivity index (χ4n) is 3.89. The lowest BCUT2D eigenvalue weighted by atomic mass is 9.67. The first kappa shape index (κ1) is 14.5. The van der Waals surface area contributed by atoms with E-state index >= 15 is 0 Å². The Morgan fingerprint density at radius 2 is 2.24 bits per heavy atom. The van der Waals surface area contributed by atoms with Crippen LogP contribution in [0.25, 0.3) is 0 Å². The molecule has 1 aromatic carbocycles. The number of hydrogen-bond donors (Lipinski definition) is 3. The van der Waals surface area contributed by atoms with E-state index in [1.807, 2.05) is 24.3 Å². The number of carbonyl (C=O) groups is 1. The molecule has 2 aliphatic rings. The molecule has 1 saturated heterocycles. The third-order valence-electron chi connectivity index (χ3n) is 5.12. The molecule has 4 heteroatoms. The molecular weight excluding hydrogens is 264 g/mol. The molecule has 21 heavy (non-hydrogen) atoms. The summed E-state index contributed by atoms with van der Waals surface area (Å²) < 4.78 is 0. The highest BCUT2D eigenvalue weighted by atomic mass is 16.3. The zero-order chi connectivity index (χ0) is 14.7. The Morgan fingerprint density at radius 1 is 1.38 bits per heavy atom. The van der Waals surface area contributed by atoms with Gasteiger partial charge in [-0.1, -0.05) is 37.1 Å². The monoisotopic (exact) mass is 288 g/mol. The van der Waals surface area contributed by atoms with Crippen LogP contribution < -0.4 is 10.6 Å². The smallest absolute Gasteiger partial charge is 0.228 e. The largest absolute Gasteiger partial charge is 0.392 e. The van der Waals surface area contributed by atoms with Crippen LogP contribution in [0.1, 0.15) is 36.8 Å². The van der Waals surface area contributed by atoms with Gasteiger partial charge in [0.2, 0.25) is 5.91 Å². The molecule has 1 aliphatic carbocycles. The van der Waals surface area contributed by atoms with Crippen molar-refractivity contribution >= 4 is 5.91 Å². The number of hydrogen-bond acceptors (Lipinski definition) is 3. The third kappa shape index (κ3) is 2.83. The molecule has 1 amide bonds. The first-order valence-corrected chi connectivity index (χ1v) is 7.92. The van der Waals surface area contributed by atoms with Crippen molar-refractivity contribution in [1.82, 2.24) is 10.6 Å².